The molecule has 2 unspecified atom stereocenters. The van der Waals surface area contributed by atoms with Crippen LogP contribution in [0.25, 0.3) is 5.69 Å². The van der Waals surface area contributed by atoms with Crippen molar-refractivity contribution in [1.82, 2.24) is 9.88 Å². The monoisotopic (exact) mass is 394 g/mol. The van der Waals surface area contributed by atoms with Gasteiger partial charge in [0.2, 0.25) is 0 Å². The number of alkyl carbamates (subject to hydrolysis) is 1. The summed E-state index contributed by atoms with van der Waals surface area (Å²) in [6, 6.07) is 21.0. The maximum Gasteiger partial charge on any atom is 0.407 e. The molecule has 2 atom stereocenters. The minimum Gasteiger partial charge on any atom is -0.445 e. The van der Waals surface area contributed by atoms with Crippen LogP contribution in [0.5, 0.6) is 0 Å². The van der Waals surface area contributed by atoms with Gasteiger partial charge in [-0.25, -0.2) is 4.79 Å². The predicted molar refractivity (Wildman–Crippen MR) is 111 cm³/mol. The number of aryl methyl sites for hydroxylation is 1. The molecule has 29 heavy (non-hydrogen) atoms. The maximum atomic E-state index is 11.9. The minimum atomic E-state index is -1.16. The van der Waals surface area contributed by atoms with Crippen molar-refractivity contribution in [3.05, 3.63) is 89.2 Å². The van der Waals surface area contributed by atoms with Crippen LogP contribution in [0.3, 0.4) is 0 Å². The molecular formula is C23H26N2O4. The third kappa shape index (κ3) is 5.04. The number of hydrogen-bond donors (Lipinski definition) is 3. The molecule has 0 fully saturated rings. The largest absolute Gasteiger partial charge is 0.445 e. The van der Waals surface area contributed by atoms with E-state index in [4.69, 9.17) is 4.74 Å². The maximum absolute atomic E-state index is 11.9. The Bertz CT molecular complexity index is 938. The van der Waals surface area contributed by atoms with Crippen LogP contribution in [0.15, 0.2) is 66.7 Å². The molecule has 1 aromatic heterocycles. The van der Waals surface area contributed by atoms with Gasteiger partial charge in [0.05, 0.1) is 0 Å². The molecule has 0 aliphatic rings. The third-order valence-corrected chi connectivity index (χ3v) is 4.84. The van der Waals surface area contributed by atoms with Crippen LogP contribution in [-0.4, -0.2) is 33.5 Å². The number of ether oxygens (including phenoxy) is 1. The van der Waals surface area contributed by atoms with Gasteiger partial charge < -0.3 is 24.8 Å². The quantitative estimate of drug-likeness (QED) is 0.573. The zero-order valence-corrected chi connectivity index (χ0v) is 16.6. The van der Waals surface area contributed by atoms with Crippen LogP contribution in [0.4, 0.5) is 4.79 Å². The van der Waals surface area contributed by atoms with Gasteiger partial charge in [-0.1, -0.05) is 48.5 Å². The van der Waals surface area contributed by atoms with Gasteiger partial charge in [0.1, 0.15) is 18.8 Å². The van der Waals surface area contributed by atoms with Gasteiger partial charge in [-0.15, -0.1) is 0 Å². The Morgan fingerprint density at radius 3 is 2.31 bits per heavy atom. The predicted octanol–water partition coefficient (Wildman–Crippen LogP) is 3.41. The van der Waals surface area contributed by atoms with Gasteiger partial charge in [0, 0.05) is 29.2 Å². The standard InChI is InChI=1S/C23H26N2O4/c1-16-13-20(17(2)25(16)19-11-7-4-8-12-19)22(27)21(26)14-24-23(28)29-15-18-9-5-3-6-10-18/h3-13,21-22,26-27H,14-15H2,1-2H3,(H,24,28). The summed E-state index contributed by atoms with van der Waals surface area (Å²) in [5, 5.41) is 23.5. The van der Waals surface area contributed by atoms with Gasteiger partial charge in [-0.05, 0) is 37.6 Å². The highest BCUT2D eigenvalue weighted by Gasteiger charge is 2.24. The Hall–Kier alpha value is -3.09. The summed E-state index contributed by atoms with van der Waals surface area (Å²) in [4.78, 5) is 11.9. The molecule has 0 aliphatic heterocycles. The first-order valence-electron chi connectivity index (χ1n) is 9.52. The Morgan fingerprint density at radius 2 is 1.66 bits per heavy atom. The zero-order chi connectivity index (χ0) is 20.8. The summed E-state index contributed by atoms with van der Waals surface area (Å²) in [6.45, 7) is 3.86. The van der Waals surface area contributed by atoms with E-state index < -0.39 is 18.3 Å². The number of aromatic nitrogens is 1. The van der Waals surface area contributed by atoms with Crippen molar-refractivity contribution < 1.29 is 19.7 Å². The van der Waals surface area contributed by atoms with E-state index in [1.165, 1.54) is 0 Å². The number of benzene rings is 2. The number of aliphatic hydroxyl groups is 2. The number of carbonyl (C=O) groups excluding carboxylic acids is 1. The van der Waals surface area contributed by atoms with E-state index in [0.717, 1.165) is 22.6 Å². The van der Waals surface area contributed by atoms with Gasteiger partial charge in [-0.2, -0.15) is 0 Å². The van der Waals surface area contributed by atoms with Crippen molar-refractivity contribution in [3.63, 3.8) is 0 Å². The van der Waals surface area contributed by atoms with Gasteiger partial charge in [0.25, 0.3) is 0 Å². The summed E-state index contributed by atoms with van der Waals surface area (Å²) in [7, 11) is 0. The van der Waals surface area contributed by atoms with Crippen molar-refractivity contribution >= 4 is 6.09 Å². The van der Waals surface area contributed by atoms with Crippen molar-refractivity contribution in [2.45, 2.75) is 32.7 Å². The molecule has 0 saturated heterocycles. The number of rotatable bonds is 7. The average molecular weight is 394 g/mol. The fourth-order valence-electron chi connectivity index (χ4n) is 3.34. The van der Waals surface area contributed by atoms with Crippen LogP contribution in [0, 0.1) is 13.8 Å². The number of amides is 1. The van der Waals surface area contributed by atoms with E-state index in [9.17, 15) is 15.0 Å². The molecule has 3 rings (SSSR count). The van der Waals surface area contributed by atoms with E-state index in [2.05, 4.69) is 5.32 Å². The topological polar surface area (TPSA) is 83.7 Å². The fraction of sp³-hybridized carbons (Fsp3) is 0.261. The van der Waals surface area contributed by atoms with Crippen LogP contribution in [0.2, 0.25) is 0 Å². The molecule has 0 spiro atoms. The highest BCUT2D eigenvalue weighted by atomic mass is 16.5. The first kappa shape index (κ1) is 20.6. The van der Waals surface area contributed by atoms with Crippen molar-refractivity contribution in [3.8, 4) is 5.69 Å². The lowest BCUT2D eigenvalue weighted by molar-refractivity contribution is 0.0180. The van der Waals surface area contributed by atoms with Crippen LogP contribution in [-0.2, 0) is 11.3 Å². The molecule has 0 saturated carbocycles. The van der Waals surface area contributed by atoms with E-state index in [0.29, 0.717) is 5.56 Å². The van der Waals surface area contributed by atoms with Crippen LogP contribution in [0.1, 0.15) is 28.6 Å². The molecule has 152 valence electrons. The lowest BCUT2D eigenvalue weighted by Crippen LogP contribution is -2.35. The number of nitrogens with one attached hydrogen (secondary N) is 1. The number of carbonyl (C=O) groups is 1. The smallest absolute Gasteiger partial charge is 0.407 e. The molecule has 3 aromatic rings. The van der Waals surface area contributed by atoms with E-state index >= 15 is 0 Å². The molecule has 3 N–H and O–H groups in total. The van der Waals surface area contributed by atoms with Crippen molar-refractivity contribution in [2.75, 3.05) is 6.54 Å². The molecule has 0 radical (unpaired) electrons. The highest BCUT2D eigenvalue weighted by Crippen LogP contribution is 2.27. The molecule has 2 aromatic carbocycles. The molecule has 0 aliphatic carbocycles. The molecule has 1 amide bonds. The lowest BCUT2D eigenvalue weighted by atomic mass is 10.0. The Balaban J connectivity index is 1.59. The Labute approximate surface area is 170 Å². The second-order valence-corrected chi connectivity index (χ2v) is 6.95. The van der Waals surface area contributed by atoms with Crippen molar-refractivity contribution in [1.29, 1.82) is 0 Å². The highest BCUT2D eigenvalue weighted by molar-refractivity contribution is 5.67. The Morgan fingerprint density at radius 1 is 1.03 bits per heavy atom. The first-order valence-corrected chi connectivity index (χ1v) is 9.52. The summed E-state index contributed by atoms with van der Waals surface area (Å²) < 4.78 is 7.14. The van der Waals surface area contributed by atoms with Crippen molar-refractivity contribution in [2.24, 2.45) is 0 Å². The molecule has 6 nitrogen and oxygen atoms in total. The van der Waals surface area contributed by atoms with E-state index in [1.807, 2.05) is 85.1 Å². The minimum absolute atomic E-state index is 0.121. The lowest BCUT2D eigenvalue weighted by Gasteiger charge is -2.19. The van der Waals surface area contributed by atoms with Gasteiger partial charge in [0.15, 0.2) is 0 Å². The summed E-state index contributed by atoms with van der Waals surface area (Å²) >= 11 is 0. The van der Waals surface area contributed by atoms with Gasteiger partial charge in [-0.3, -0.25) is 0 Å². The molecular weight excluding hydrogens is 368 g/mol. The first-order chi connectivity index (χ1) is 14.0. The van der Waals surface area contributed by atoms with E-state index in [-0.39, 0.29) is 13.2 Å². The molecule has 0 bridgehead atoms. The average Bonchev–Trinajstić information content (AvgIpc) is 3.05. The van der Waals surface area contributed by atoms with Gasteiger partial charge >= 0.3 is 6.09 Å². The number of hydrogen-bond acceptors (Lipinski definition) is 4. The Kier molecular flexibility index (Phi) is 6.69. The van der Waals surface area contributed by atoms with E-state index in [1.54, 1.807) is 0 Å². The fourth-order valence-corrected chi connectivity index (χ4v) is 3.34. The number of nitrogens with zero attached hydrogens (tertiary/aromatic N) is 1. The summed E-state index contributed by atoms with van der Waals surface area (Å²) in [5.41, 5.74) is 4.27. The zero-order valence-electron chi connectivity index (χ0n) is 16.6. The molecule has 1 heterocycles. The normalized spacial score (nSPS) is 13.0. The number of para-hydroxylation sites is 1. The SMILES string of the molecule is Cc1cc(C(O)C(O)CNC(=O)OCc2ccccc2)c(C)n1-c1ccccc1. The van der Waals surface area contributed by atoms with Crippen LogP contribution >= 0.6 is 0 Å². The summed E-state index contributed by atoms with van der Waals surface area (Å²) in [5.74, 6) is 0. The van der Waals surface area contributed by atoms with Crippen LogP contribution < -0.4 is 5.32 Å². The second kappa shape index (κ2) is 9.41. The third-order valence-electron chi connectivity index (χ3n) is 4.84. The molecule has 6 heteroatoms. The number of aliphatic hydroxyl groups excluding tert-OH is 2. The summed E-state index contributed by atoms with van der Waals surface area (Å²) in [6.07, 6.45) is -2.94. The second-order valence-electron chi connectivity index (χ2n) is 6.95.